The first-order valence-corrected chi connectivity index (χ1v) is 6.56. The highest BCUT2D eigenvalue weighted by atomic mass is 16.6. The van der Waals surface area contributed by atoms with E-state index in [2.05, 4.69) is 10.4 Å². The Bertz CT molecular complexity index is 639. The van der Waals surface area contributed by atoms with E-state index >= 15 is 0 Å². The van der Waals surface area contributed by atoms with Crippen LogP contribution in [0, 0.1) is 10.1 Å². The predicted molar refractivity (Wildman–Crippen MR) is 78.5 cm³/mol. The second-order valence-electron chi connectivity index (χ2n) is 4.74. The molecule has 7 heteroatoms. The van der Waals surface area contributed by atoms with E-state index < -0.39 is 4.92 Å². The van der Waals surface area contributed by atoms with Crippen molar-refractivity contribution < 1.29 is 9.66 Å². The Morgan fingerprint density at radius 2 is 2.29 bits per heavy atom. The summed E-state index contributed by atoms with van der Waals surface area (Å²) in [7, 11) is 3.30. The Labute approximate surface area is 122 Å². The first kappa shape index (κ1) is 15.0. The average molecular weight is 290 g/mol. The van der Waals surface area contributed by atoms with Gasteiger partial charge in [0.25, 0.3) is 0 Å². The number of methoxy groups -OCH3 is 1. The molecule has 0 radical (unpaired) electrons. The summed E-state index contributed by atoms with van der Waals surface area (Å²) in [4.78, 5) is 10.6. The number of hydrogen-bond acceptors (Lipinski definition) is 5. The lowest BCUT2D eigenvalue weighted by Crippen LogP contribution is -2.11. The molecule has 7 nitrogen and oxygen atoms in total. The lowest BCUT2D eigenvalue weighted by molar-refractivity contribution is -0.385. The SMILES string of the molecule is CNC(C)c1cnn(Cc2ccc(OC)c([N+](=O)[O-])c2)c1. The van der Waals surface area contributed by atoms with E-state index in [9.17, 15) is 10.1 Å². The van der Waals surface area contributed by atoms with Gasteiger partial charge in [0.15, 0.2) is 5.75 Å². The third kappa shape index (κ3) is 3.38. The van der Waals surface area contributed by atoms with Crippen LogP contribution in [-0.2, 0) is 6.54 Å². The second-order valence-corrected chi connectivity index (χ2v) is 4.74. The molecule has 0 saturated heterocycles. The van der Waals surface area contributed by atoms with Gasteiger partial charge in [0, 0.05) is 23.9 Å². The molecule has 0 bridgehead atoms. The van der Waals surface area contributed by atoms with Gasteiger partial charge in [0.1, 0.15) is 0 Å². The fraction of sp³-hybridized carbons (Fsp3) is 0.357. The summed E-state index contributed by atoms with van der Waals surface area (Å²) in [6.07, 6.45) is 3.72. The van der Waals surface area contributed by atoms with Crippen LogP contribution >= 0.6 is 0 Å². The van der Waals surface area contributed by atoms with Crippen molar-refractivity contribution in [3.8, 4) is 5.75 Å². The molecule has 0 fully saturated rings. The zero-order valence-electron chi connectivity index (χ0n) is 12.2. The monoisotopic (exact) mass is 290 g/mol. The van der Waals surface area contributed by atoms with Crippen molar-refractivity contribution in [1.82, 2.24) is 15.1 Å². The lowest BCUT2D eigenvalue weighted by atomic mass is 10.2. The van der Waals surface area contributed by atoms with Crippen molar-refractivity contribution in [2.24, 2.45) is 0 Å². The molecule has 0 saturated carbocycles. The second kappa shape index (κ2) is 6.36. The van der Waals surface area contributed by atoms with E-state index in [1.54, 1.807) is 23.0 Å². The van der Waals surface area contributed by atoms with Crippen molar-refractivity contribution in [2.75, 3.05) is 14.2 Å². The highest BCUT2D eigenvalue weighted by Crippen LogP contribution is 2.27. The van der Waals surface area contributed by atoms with Gasteiger partial charge in [-0.05, 0) is 25.6 Å². The lowest BCUT2D eigenvalue weighted by Gasteiger charge is -2.07. The van der Waals surface area contributed by atoms with Crippen LogP contribution in [0.1, 0.15) is 24.1 Å². The van der Waals surface area contributed by atoms with Crippen LogP contribution in [0.4, 0.5) is 5.69 Å². The summed E-state index contributed by atoms with van der Waals surface area (Å²) >= 11 is 0. The number of nitrogens with zero attached hydrogens (tertiary/aromatic N) is 3. The molecular weight excluding hydrogens is 272 g/mol. The van der Waals surface area contributed by atoms with E-state index in [-0.39, 0.29) is 17.5 Å². The minimum Gasteiger partial charge on any atom is -0.490 e. The van der Waals surface area contributed by atoms with Crippen molar-refractivity contribution >= 4 is 5.69 Å². The van der Waals surface area contributed by atoms with Crippen LogP contribution in [0.3, 0.4) is 0 Å². The molecule has 0 spiro atoms. The summed E-state index contributed by atoms with van der Waals surface area (Å²) < 4.78 is 6.75. The Morgan fingerprint density at radius 3 is 2.90 bits per heavy atom. The molecule has 1 aromatic heterocycles. The average Bonchev–Trinajstić information content (AvgIpc) is 2.94. The number of ether oxygens (including phenoxy) is 1. The van der Waals surface area contributed by atoms with Crippen LogP contribution in [0.2, 0.25) is 0 Å². The third-order valence-corrected chi connectivity index (χ3v) is 3.37. The Hall–Kier alpha value is -2.41. The molecule has 0 amide bonds. The standard InChI is InChI=1S/C14H18N4O3/c1-10(15-2)12-7-16-17(9-12)8-11-4-5-14(21-3)13(6-11)18(19)20/h4-7,9-10,15H,8H2,1-3H3. The van der Waals surface area contributed by atoms with Gasteiger partial charge < -0.3 is 10.1 Å². The van der Waals surface area contributed by atoms with Gasteiger partial charge in [-0.1, -0.05) is 6.07 Å². The van der Waals surface area contributed by atoms with Gasteiger partial charge in [-0.2, -0.15) is 5.10 Å². The molecule has 1 aromatic carbocycles. The molecule has 0 aliphatic rings. The van der Waals surface area contributed by atoms with Crippen LogP contribution in [-0.4, -0.2) is 28.9 Å². The number of nitro benzene ring substituents is 1. The number of nitrogens with one attached hydrogen (secondary N) is 1. The molecule has 2 aromatic rings. The third-order valence-electron chi connectivity index (χ3n) is 3.37. The first-order chi connectivity index (χ1) is 10.0. The fourth-order valence-electron chi connectivity index (χ4n) is 2.02. The summed E-state index contributed by atoms with van der Waals surface area (Å²) in [6, 6.07) is 5.13. The van der Waals surface area contributed by atoms with Crippen LogP contribution in [0.15, 0.2) is 30.6 Å². The highest BCUT2D eigenvalue weighted by Gasteiger charge is 2.15. The molecule has 2 rings (SSSR count). The highest BCUT2D eigenvalue weighted by molar-refractivity contribution is 5.48. The first-order valence-electron chi connectivity index (χ1n) is 6.56. The molecule has 1 heterocycles. The molecule has 112 valence electrons. The van der Waals surface area contributed by atoms with Crippen molar-refractivity contribution in [2.45, 2.75) is 19.5 Å². The predicted octanol–water partition coefficient (Wildman–Crippen LogP) is 2.13. The van der Waals surface area contributed by atoms with Gasteiger partial charge in [-0.3, -0.25) is 14.8 Å². The van der Waals surface area contributed by atoms with Gasteiger partial charge in [-0.25, -0.2) is 0 Å². The number of benzene rings is 1. The zero-order chi connectivity index (χ0) is 15.4. The molecule has 0 aliphatic heterocycles. The van der Waals surface area contributed by atoms with Gasteiger partial charge in [-0.15, -0.1) is 0 Å². The topological polar surface area (TPSA) is 82.2 Å². The van der Waals surface area contributed by atoms with Crippen LogP contribution in [0.25, 0.3) is 0 Å². The summed E-state index contributed by atoms with van der Waals surface area (Å²) in [5, 5.41) is 18.4. The van der Waals surface area contributed by atoms with Gasteiger partial charge in [0.2, 0.25) is 0 Å². The van der Waals surface area contributed by atoms with E-state index in [1.807, 2.05) is 20.2 Å². The molecular formula is C14H18N4O3. The Kier molecular flexibility index (Phi) is 4.54. The zero-order valence-corrected chi connectivity index (χ0v) is 12.2. The largest absolute Gasteiger partial charge is 0.490 e. The van der Waals surface area contributed by atoms with Crippen molar-refractivity contribution in [3.63, 3.8) is 0 Å². The smallest absolute Gasteiger partial charge is 0.311 e. The number of rotatable bonds is 6. The summed E-state index contributed by atoms with van der Waals surface area (Å²) in [5.74, 6) is 0.258. The summed E-state index contributed by atoms with van der Waals surface area (Å²) in [5.41, 5.74) is 1.83. The van der Waals surface area contributed by atoms with E-state index in [0.717, 1.165) is 11.1 Å². The van der Waals surface area contributed by atoms with Crippen LogP contribution < -0.4 is 10.1 Å². The fourth-order valence-corrected chi connectivity index (χ4v) is 2.02. The quantitative estimate of drug-likeness (QED) is 0.651. The molecule has 1 unspecified atom stereocenters. The molecule has 1 atom stereocenters. The van der Waals surface area contributed by atoms with Gasteiger partial charge in [0.05, 0.1) is 24.8 Å². The van der Waals surface area contributed by atoms with Crippen molar-refractivity contribution in [1.29, 1.82) is 0 Å². The number of hydrogen-bond donors (Lipinski definition) is 1. The normalized spacial score (nSPS) is 12.1. The maximum atomic E-state index is 11.0. The molecule has 1 N–H and O–H groups in total. The van der Waals surface area contributed by atoms with E-state index in [1.165, 1.54) is 13.2 Å². The molecule has 0 aliphatic carbocycles. The maximum Gasteiger partial charge on any atom is 0.311 e. The van der Waals surface area contributed by atoms with E-state index in [4.69, 9.17) is 4.74 Å². The summed E-state index contributed by atoms with van der Waals surface area (Å²) in [6.45, 7) is 2.51. The number of nitro groups is 1. The molecule has 21 heavy (non-hydrogen) atoms. The van der Waals surface area contributed by atoms with Gasteiger partial charge >= 0.3 is 5.69 Å². The van der Waals surface area contributed by atoms with E-state index in [0.29, 0.717) is 6.54 Å². The maximum absolute atomic E-state index is 11.0. The minimum atomic E-state index is -0.445. The Balaban J connectivity index is 2.21. The minimum absolute atomic E-state index is 0.0361. The number of aromatic nitrogens is 2. The Morgan fingerprint density at radius 1 is 1.52 bits per heavy atom. The van der Waals surface area contributed by atoms with Crippen molar-refractivity contribution in [3.05, 3.63) is 51.8 Å². The van der Waals surface area contributed by atoms with Crippen LogP contribution in [0.5, 0.6) is 5.75 Å².